The Hall–Kier alpha value is -1.74. The van der Waals surface area contributed by atoms with Crippen LogP contribution in [0.3, 0.4) is 0 Å². The van der Waals surface area contributed by atoms with E-state index in [1.54, 1.807) is 16.7 Å². The van der Waals surface area contributed by atoms with Crippen LogP contribution in [0, 0.1) is 0 Å². The van der Waals surface area contributed by atoms with Crippen LogP contribution in [0.2, 0.25) is 0 Å². The fourth-order valence-corrected chi connectivity index (χ4v) is 2.80. The summed E-state index contributed by atoms with van der Waals surface area (Å²) in [7, 11) is 0. The van der Waals surface area contributed by atoms with Crippen LogP contribution in [0.15, 0.2) is 10.9 Å². The average molecular weight is 327 g/mol. The first-order valence-corrected chi connectivity index (χ1v) is 8.48. The number of thioether (sulfide) groups is 1. The van der Waals surface area contributed by atoms with Crippen molar-refractivity contribution in [2.75, 3.05) is 48.8 Å². The number of amides is 1. The number of rotatable bonds is 5. The Balaban J connectivity index is 1.92. The second-order valence-electron chi connectivity index (χ2n) is 5.10. The predicted molar refractivity (Wildman–Crippen MR) is 87.1 cm³/mol. The smallest absolute Gasteiger partial charge is 0.254 e. The van der Waals surface area contributed by atoms with Crippen LogP contribution in [0.25, 0.3) is 0 Å². The molecule has 1 aliphatic rings. The average Bonchev–Trinajstić information content (AvgIpc) is 2.51. The number of nitrogens with zero attached hydrogens (tertiary/aromatic N) is 3. The van der Waals surface area contributed by atoms with Crippen molar-refractivity contribution >= 4 is 29.4 Å². The highest BCUT2D eigenvalue weighted by atomic mass is 32.2. The number of piperazine rings is 1. The molecule has 0 aliphatic carbocycles. The third-order valence-electron chi connectivity index (χ3n) is 3.54. The van der Waals surface area contributed by atoms with Crippen LogP contribution in [0.4, 0.5) is 11.8 Å². The molecule has 0 aromatic carbocycles. The van der Waals surface area contributed by atoms with E-state index in [4.69, 9.17) is 5.73 Å². The molecular weight excluding hydrogens is 306 g/mol. The minimum absolute atomic E-state index is 0.0773. The number of aromatic nitrogens is 2. The molecule has 2 heterocycles. The zero-order valence-electron chi connectivity index (χ0n) is 12.5. The Labute approximate surface area is 132 Å². The summed E-state index contributed by atoms with van der Waals surface area (Å²) in [6, 6.07) is 1.39. The van der Waals surface area contributed by atoms with Crippen LogP contribution >= 0.6 is 11.8 Å². The molecule has 1 aliphatic heterocycles. The zero-order valence-corrected chi connectivity index (χ0v) is 13.3. The minimum Gasteiger partial charge on any atom is -0.383 e. The molecule has 9 heteroatoms. The van der Waals surface area contributed by atoms with E-state index in [1.807, 2.05) is 11.2 Å². The summed E-state index contributed by atoms with van der Waals surface area (Å²) >= 11 is 1.60. The fourth-order valence-electron chi connectivity index (χ4n) is 2.34. The molecule has 1 aromatic heterocycles. The third-order valence-corrected chi connectivity index (χ3v) is 4.19. The van der Waals surface area contributed by atoms with E-state index in [9.17, 15) is 14.7 Å². The van der Waals surface area contributed by atoms with E-state index in [2.05, 4.69) is 9.97 Å². The number of nitrogens with two attached hydrogens (primary N) is 1. The molecule has 122 valence electrons. The number of anilines is 2. The largest absolute Gasteiger partial charge is 0.383 e. The number of nitrogen functional groups attached to an aromatic ring is 1. The van der Waals surface area contributed by atoms with Gasteiger partial charge in [-0.3, -0.25) is 14.6 Å². The molecule has 1 aromatic rings. The summed E-state index contributed by atoms with van der Waals surface area (Å²) in [6.45, 7) is 2.08. The Bertz CT molecular complexity index is 571. The standard InChI is InChI=1S/C13H21N5O3S/c1-22-7-2-9(19)12(21)18-5-3-17(4-6-18)10-8-11(20)16-13(14)15-10/h8-9,19H,2-7H2,1H3,(H3,14,15,16,20)/t9-/m1/s1. The van der Waals surface area contributed by atoms with E-state index >= 15 is 0 Å². The zero-order chi connectivity index (χ0) is 16.1. The SMILES string of the molecule is CSCC[C@@H](O)C(=O)N1CCN(c2cc(=O)[nH]c(N)n2)CC1. The van der Waals surface area contributed by atoms with Gasteiger partial charge in [0.2, 0.25) is 5.95 Å². The van der Waals surface area contributed by atoms with Crippen molar-refractivity contribution < 1.29 is 9.90 Å². The fraction of sp³-hybridized carbons (Fsp3) is 0.615. The van der Waals surface area contributed by atoms with Gasteiger partial charge in [0.1, 0.15) is 11.9 Å². The summed E-state index contributed by atoms with van der Waals surface area (Å²) < 4.78 is 0. The van der Waals surface area contributed by atoms with Gasteiger partial charge in [0, 0.05) is 32.2 Å². The summed E-state index contributed by atoms with van der Waals surface area (Å²) in [5, 5.41) is 9.86. The number of aliphatic hydroxyl groups is 1. The molecule has 0 spiro atoms. The number of aromatic amines is 1. The first-order chi connectivity index (χ1) is 10.5. The topological polar surface area (TPSA) is 116 Å². The van der Waals surface area contributed by atoms with E-state index in [-0.39, 0.29) is 17.4 Å². The number of aliphatic hydroxyl groups excluding tert-OH is 1. The van der Waals surface area contributed by atoms with Gasteiger partial charge >= 0.3 is 0 Å². The molecular formula is C13H21N5O3S. The van der Waals surface area contributed by atoms with Gasteiger partial charge in [-0.15, -0.1) is 0 Å². The maximum Gasteiger partial charge on any atom is 0.254 e. The summed E-state index contributed by atoms with van der Waals surface area (Å²) in [4.78, 5) is 33.6. The van der Waals surface area contributed by atoms with Gasteiger partial charge in [0.25, 0.3) is 11.5 Å². The van der Waals surface area contributed by atoms with Crippen molar-refractivity contribution in [2.45, 2.75) is 12.5 Å². The molecule has 1 amide bonds. The van der Waals surface area contributed by atoms with Crippen LogP contribution in [0.1, 0.15) is 6.42 Å². The maximum absolute atomic E-state index is 12.1. The normalized spacial score (nSPS) is 16.6. The first kappa shape index (κ1) is 16.6. The molecule has 4 N–H and O–H groups in total. The molecule has 1 atom stereocenters. The van der Waals surface area contributed by atoms with Gasteiger partial charge in [0.15, 0.2) is 0 Å². The highest BCUT2D eigenvalue weighted by Crippen LogP contribution is 2.13. The molecule has 1 saturated heterocycles. The molecule has 8 nitrogen and oxygen atoms in total. The minimum atomic E-state index is -0.938. The van der Waals surface area contributed by atoms with Crippen molar-refractivity contribution in [3.63, 3.8) is 0 Å². The van der Waals surface area contributed by atoms with Crippen LogP contribution < -0.4 is 16.2 Å². The highest BCUT2D eigenvalue weighted by Gasteiger charge is 2.26. The first-order valence-electron chi connectivity index (χ1n) is 7.09. The number of hydrogen-bond acceptors (Lipinski definition) is 7. The summed E-state index contributed by atoms with van der Waals surface area (Å²) in [6.07, 6.45) is 1.47. The number of H-pyrrole nitrogens is 1. The van der Waals surface area contributed by atoms with E-state index in [0.717, 1.165) is 5.75 Å². The Morgan fingerprint density at radius 1 is 1.50 bits per heavy atom. The van der Waals surface area contributed by atoms with Gasteiger partial charge in [0.05, 0.1) is 0 Å². The Morgan fingerprint density at radius 3 is 2.77 bits per heavy atom. The van der Waals surface area contributed by atoms with Crippen molar-refractivity contribution in [2.24, 2.45) is 0 Å². The van der Waals surface area contributed by atoms with Crippen LogP contribution in [-0.2, 0) is 4.79 Å². The van der Waals surface area contributed by atoms with Crippen molar-refractivity contribution in [3.05, 3.63) is 16.4 Å². The molecule has 0 unspecified atom stereocenters. The molecule has 0 radical (unpaired) electrons. The van der Waals surface area contributed by atoms with Gasteiger partial charge in [-0.05, 0) is 18.4 Å². The highest BCUT2D eigenvalue weighted by molar-refractivity contribution is 7.98. The third kappa shape index (κ3) is 4.14. The molecule has 22 heavy (non-hydrogen) atoms. The summed E-state index contributed by atoms with van der Waals surface area (Å²) in [5.41, 5.74) is 5.24. The van der Waals surface area contributed by atoms with E-state index in [1.165, 1.54) is 6.07 Å². The van der Waals surface area contributed by atoms with E-state index in [0.29, 0.717) is 38.4 Å². The molecule has 0 saturated carbocycles. The lowest BCUT2D eigenvalue weighted by atomic mass is 10.2. The summed E-state index contributed by atoms with van der Waals surface area (Å²) in [5.74, 6) is 1.11. The van der Waals surface area contributed by atoms with Crippen LogP contribution in [0.5, 0.6) is 0 Å². The van der Waals surface area contributed by atoms with Gasteiger partial charge in [-0.2, -0.15) is 16.7 Å². The van der Waals surface area contributed by atoms with Crippen LogP contribution in [-0.4, -0.2) is 70.2 Å². The Morgan fingerprint density at radius 2 is 2.18 bits per heavy atom. The van der Waals surface area contributed by atoms with Crippen molar-refractivity contribution in [1.82, 2.24) is 14.9 Å². The number of carbonyl (C=O) groups is 1. The number of carbonyl (C=O) groups excluding carboxylic acids is 1. The lowest BCUT2D eigenvalue weighted by Gasteiger charge is -2.36. The molecule has 0 bridgehead atoms. The molecule has 1 fully saturated rings. The van der Waals surface area contributed by atoms with E-state index < -0.39 is 6.10 Å². The van der Waals surface area contributed by atoms with Crippen molar-refractivity contribution in [3.8, 4) is 0 Å². The quantitative estimate of drug-likeness (QED) is 0.643. The van der Waals surface area contributed by atoms with Gasteiger partial charge < -0.3 is 20.6 Å². The van der Waals surface area contributed by atoms with Gasteiger partial charge in [-0.1, -0.05) is 0 Å². The predicted octanol–water partition coefficient (Wildman–Crippen LogP) is -0.885. The lowest BCUT2D eigenvalue weighted by Crippen LogP contribution is -2.52. The second-order valence-corrected chi connectivity index (χ2v) is 6.08. The monoisotopic (exact) mass is 327 g/mol. The lowest BCUT2D eigenvalue weighted by molar-refractivity contribution is -0.140. The number of hydrogen-bond donors (Lipinski definition) is 3. The number of nitrogens with one attached hydrogen (secondary N) is 1. The molecule has 2 rings (SSSR count). The maximum atomic E-state index is 12.1. The second kappa shape index (κ2) is 7.50. The van der Waals surface area contributed by atoms with Gasteiger partial charge in [-0.25, -0.2) is 0 Å². The van der Waals surface area contributed by atoms with Crippen molar-refractivity contribution in [1.29, 1.82) is 0 Å². The Kier molecular flexibility index (Phi) is 5.67.